The molecule has 0 aliphatic carbocycles. The van der Waals surface area contributed by atoms with Gasteiger partial charge >= 0.3 is 0 Å². The minimum atomic E-state index is -0.0880. The van der Waals surface area contributed by atoms with Crippen molar-refractivity contribution in [2.24, 2.45) is 0 Å². The first kappa shape index (κ1) is 17.3. The number of carbonyl (C=O) groups is 1. The van der Waals surface area contributed by atoms with Crippen LogP contribution in [0.25, 0.3) is 11.1 Å². The van der Waals surface area contributed by atoms with E-state index in [1.165, 1.54) is 5.56 Å². The fourth-order valence-corrected chi connectivity index (χ4v) is 2.82. The third-order valence-electron chi connectivity index (χ3n) is 4.17. The normalized spacial score (nSPS) is 11.1. The van der Waals surface area contributed by atoms with Crippen LogP contribution in [0.3, 0.4) is 0 Å². The number of amides is 1. The number of rotatable bonds is 8. The van der Waals surface area contributed by atoms with Crippen LogP contribution in [0.1, 0.15) is 35.0 Å². The predicted octanol–water partition coefficient (Wildman–Crippen LogP) is 3.75. The van der Waals surface area contributed by atoms with Gasteiger partial charge in [-0.1, -0.05) is 29.8 Å². The van der Waals surface area contributed by atoms with E-state index in [4.69, 9.17) is 9.15 Å². The molecule has 0 spiro atoms. The van der Waals surface area contributed by atoms with Gasteiger partial charge in [0.2, 0.25) is 0 Å². The Kier molecular flexibility index (Phi) is 5.56. The fourth-order valence-electron chi connectivity index (χ4n) is 2.82. The van der Waals surface area contributed by atoms with Gasteiger partial charge in [0.25, 0.3) is 5.91 Å². The molecule has 0 aliphatic rings. The third kappa shape index (κ3) is 4.12. The molecule has 0 unspecified atom stereocenters. The third-order valence-corrected chi connectivity index (χ3v) is 4.17. The first-order valence-corrected chi connectivity index (χ1v) is 8.67. The van der Waals surface area contributed by atoms with E-state index < -0.39 is 0 Å². The maximum atomic E-state index is 12.6. The summed E-state index contributed by atoms with van der Waals surface area (Å²) in [6.45, 7) is 6.61. The van der Waals surface area contributed by atoms with Gasteiger partial charge in [0, 0.05) is 38.4 Å². The van der Waals surface area contributed by atoms with Gasteiger partial charge in [-0.15, -0.1) is 0 Å². The lowest BCUT2D eigenvalue weighted by Crippen LogP contribution is -2.27. The molecule has 132 valence electrons. The summed E-state index contributed by atoms with van der Waals surface area (Å²) in [5.41, 5.74) is 4.64. The Morgan fingerprint density at radius 3 is 2.80 bits per heavy atom. The van der Waals surface area contributed by atoms with Crippen molar-refractivity contribution in [3.05, 3.63) is 59.5 Å². The number of nitrogens with one attached hydrogen (secondary N) is 1. The highest BCUT2D eigenvalue weighted by Gasteiger charge is 2.17. The predicted molar refractivity (Wildman–Crippen MR) is 97.9 cm³/mol. The molecule has 2 heterocycles. The second kappa shape index (κ2) is 8.03. The lowest BCUT2D eigenvalue weighted by molar-refractivity contribution is 0.0936. The van der Waals surface area contributed by atoms with Gasteiger partial charge in [0.15, 0.2) is 5.58 Å². The molecule has 0 aliphatic heterocycles. The Hall–Kier alpha value is -2.53. The molecule has 3 rings (SSSR count). The molecule has 1 amide bonds. The second-order valence-corrected chi connectivity index (χ2v) is 6.08. The van der Waals surface area contributed by atoms with E-state index >= 15 is 0 Å². The van der Waals surface area contributed by atoms with Crippen LogP contribution in [0.5, 0.6) is 0 Å². The molecule has 0 atom stereocenters. The van der Waals surface area contributed by atoms with E-state index in [1.807, 2.05) is 17.6 Å². The van der Waals surface area contributed by atoms with Crippen LogP contribution in [0.15, 0.2) is 47.1 Å². The molecular formula is C20H24N2O3. The molecule has 0 saturated heterocycles. The molecule has 0 fully saturated rings. The summed E-state index contributed by atoms with van der Waals surface area (Å²) in [5.74, 6) is -0.0880. The largest absolute Gasteiger partial charge is 0.463 e. The number of benzene rings is 1. The van der Waals surface area contributed by atoms with Crippen molar-refractivity contribution in [2.75, 3.05) is 19.8 Å². The summed E-state index contributed by atoms with van der Waals surface area (Å²) in [6.07, 6.45) is 2.45. The average molecular weight is 340 g/mol. The van der Waals surface area contributed by atoms with E-state index in [9.17, 15) is 4.79 Å². The molecule has 2 aromatic heterocycles. The van der Waals surface area contributed by atoms with Crippen molar-refractivity contribution >= 4 is 17.0 Å². The molecule has 1 aromatic carbocycles. The van der Waals surface area contributed by atoms with E-state index in [-0.39, 0.29) is 5.91 Å². The molecule has 0 saturated carbocycles. The highest BCUT2D eigenvalue weighted by Crippen LogP contribution is 2.22. The Morgan fingerprint density at radius 1 is 1.24 bits per heavy atom. The Labute approximate surface area is 147 Å². The van der Waals surface area contributed by atoms with Gasteiger partial charge in [-0.3, -0.25) is 4.79 Å². The minimum Gasteiger partial charge on any atom is -0.463 e. The average Bonchev–Trinajstić information content (AvgIpc) is 3.19. The number of nitrogens with zero attached hydrogens (tertiary/aromatic N) is 1. The first-order chi connectivity index (χ1) is 12.2. The molecule has 1 N–H and O–H groups in total. The number of aryl methyl sites for hydroxylation is 1. The zero-order valence-electron chi connectivity index (χ0n) is 14.7. The minimum absolute atomic E-state index is 0.0880. The monoisotopic (exact) mass is 340 g/mol. The molecule has 5 nitrogen and oxygen atoms in total. The van der Waals surface area contributed by atoms with Crippen molar-refractivity contribution in [3.8, 4) is 0 Å². The van der Waals surface area contributed by atoms with Gasteiger partial charge in [-0.25, -0.2) is 0 Å². The van der Waals surface area contributed by atoms with Gasteiger partial charge in [0.05, 0.1) is 11.8 Å². The Balaban J connectivity index is 1.76. The number of furan rings is 1. The quantitative estimate of drug-likeness (QED) is 0.636. The van der Waals surface area contributed by atoms with Gasteiger partial charge in [-0.2, -0.15) is 0 Å². The maximum absolute atomic E-state index is 12.6. The number of fused-ring (bicyclic) bond motifs is 1. The van der Waals surface area contributed by atoms with Gasteiger partial charge in [-0.05, 0) is 25.8 Å². The van der Waals surface area contributed by atoms with Crippen LogP contribution in [-0.2, 0) is 11.3 Å². The van der Waals surface area contributed by atoms with Gasteiger partial charge in [0.1, 0.15) is 5.69 Å². The highest BCUT2D eigenvalue weighted by atomic mass is 16.5. The smallest absolute Gasteiger partial charge is 0.268 e. The topological polar surface area (TPSA) is 56.4 Å². The van der Waals surface area contributed by atoms with Gasteiger partial charge < -0.3 is 19.0 Å². The maximum Gasteiger partial charge on any atom is 0.268 e. The van der Waals surface area contributed by atoms with E-state index in [0.717, 1.165) is 23.1 Å². The number of hydrogen-bond donors (Lipinski definition) is 1. The summed E-state index contributed by atoms with van der Waals surface area (Å²) in [6, 6.07) is 12.0. The first-order valence-electron chi connectivity index (χ1n) is 8.67. The number of ether oxygens (including phenoxy) is 1. The standard InChI is InChI=1S/C20H24N2O3/c1-3-24-11-4-10-21-20(23)18-13-19-17(9-12-25-19)22(18)14-16-7-5-15(2)6-8-16/h5-9,12-13H,3-4,10-11,14H2,1-2H3,(H,21,23). The van der Waals surface area contributed by atoms with Crippen LogP contribution in [-0.4, -0.2) is 30.2 Å². The zero-order valence-corrected chi connectivity index (χ0v) is 14.7. The van der Waals surface area contributed by atoms with Crippen molar-refractivity contribution in [1.29, 1.82) is 0 Å². The lowest BCUT2D eigenvalue weighted by atomic mass is 10.1. The van der Waals surface area contributed by atoms with Crippen molar-refractivity contribution in [1.82, 2.24) is 9.88 Å². The Morgan fingerprint density at radius 2 is 2.04 bits per heavy atom. The van der Waals surface area contributed by atoms with Crippen LogP contribution in [0.4, 0.5) is 0 Å². The Bertz CT molecular complexity index is 830. The SMILES string of the molecule is CCOCCCNC(=O)c1cc2occc2n1Cc1ccc(C)cc1. The summed E-state index contributed by atoms with van der Waals surface area (Å²) in [5, 5.41) is 2.96. The molecular weight excluding hydrogens is 316 g/mol. The van der Waals surface area contributed by atoms with Crippen molar-refractivity contribution in [3.63, 3.8) is 0 Å². The highest BCUT2D eigenvalue weighted by molar-refractivity contribution is 5.97. The summed E-state index contributed by atoms with van der Waals surface area (Å²) in [7, 11) is 0. The van der Waals surface area contributed by atoms with Crippen LogP contribution in [0, 0.1) is 6.92 Å². The van der Waals surface area contributed by atoms with Crippen LogP contribution >= 0.6 is 0 Å². The summed E-state index contributed by atoms with van der Waals surface area (Å²) < 4.78 is 12.8. The molecule has 5 heteroatoms. The van der Waals surface area contributed by atoms with Crippen LogP contribution in [0.2, 0.25) is 0 Å². The van der Waals surface area contributed by atoms with E-state index in [0.29, 0.717) is 32.0 Å². The fraction of sp³-hybridized carbons (Fsp3) is 0.350. The molecule has 25 heavy (non-hydrogen) atoms. The molecule has 0 radical (unpaired) electrons. The van der Waals surface area contributed by atoms with Crippen LogP contribution < -0.4 is 5.32 Å². The summed E-state index contributed by atoms with van der Waals surface area (Å²) in [4.78, 5) is 12.6. The van der Waals surface area contributed by atoms with E-state index in [2.05, 4.69) is 36.5 Å². The number of carbonyl (C=O) groups excluding carboxylic acids is 1. The van der Waals surface area contributed by atoms with Crippen molar-refractivity contribution < 1.29 is 13.9 Å². The number of aromatic nitrogens is 1. The second-order valence-electron chi connectivity index (χ2n) is 6.08. The number of hydrogen-bond acceptors (Lipinski definition) is 3. The van der Waals surface area contributed by atoms with Crippen molar-refractivity contribution in [2.45, 2.75) is 26.8 Å². The molecule has 0 bridgehead atoms. The van der Waals surface area contributed by atoms with E-state index in [1.54, 1.807) is 12.3 Å². The molecule has 3 aromatic rings. The lowest BCUT2D eigenvalue weighted by Gasteiger charge is -2.11. The zero-order chi connectivity index (χ0) is 17.6. The summed E-state index contributed by atoms with van der Waals surface area (Å²) >= 11 is 0.